The van der Waals surface area contributed by atoms with Gasteiger partial charge in [0.05, 0.1) is 10.6 Å². The molecule has 0 aromatic heterocycles. The van der Waals surface area contributed by atoms with Gasteiger partial charge in [0.25, 0.3) is 0 Å². The average molecular weight is 260 g/mol. The Morgan fingerprint density at radius 3 is 2.63 bits per heavy atom. The average Bonchev–Trinajstić information content (AvgIpc) is 2.39. The maximum Gasteiger partial charge on any atom is 0.311 e. The van der Waals surface area contributed by atoms with Gasteiger partial charge in [-0.05, 0) is 18.2 Å². The highest BCUT2D eigenvalue weighted by molar-refractivity contribution is 5.87. The van der Waals surface area contributed by atoms with Crippen molar-refractivity contribution in [3.63, 3.8) is 0 Å². The number of nitrogens with zero attached hydrogens (tertiary/aromatic N) is 2. The highest BCUT2D eigenvalue weighted by Crippen LogP contribution is 2.28. The fourth-order valence-electron chi connectivity index (χ4n) is 1.50. The van der Waals surface area contributed by atoms with Crippen LogP contribution in [0.25, 0.3) is 0 Å². The zero-order valence-electron chi connectivity index (χ0n) is 9.65. The molecule has 0 amide bonds. The molecule has 1 N–H and O–H groups in total. The second-order valence-electron chi connectivity index (χ2n) is 3.68. The third kappa shape index (κ3) is 2.74. The molecule has 0 saturated heterocycles. The van der Waals surface area contributed by atoms with Crippen LogP contribution in [0.2, 0.25) is 0 Å². The van der Waals surface area contributed by atoms with Gasteiger partial charge in [-0.1, -0.05) is 18.2 Å². The van der Waals surface area contributed by atoms with Crippen molar-refractivity contribution in [3.05, 3.63) is 64.0 Å². The topological polar surface area (TPSA) is 75.7 Å². The van der Waals surface area contributed by atoms with E-state index in [0.717, 1.165) is 0 Å². The zero-order chi connectivity index (χ0) is 13.8. The molecule has 0 aliphatic heterocycles. The first-order chi connectivity index (χ1) is 9.09. The highest BCUT2D eigenvalue weighted by atomic mass is 19.1. The molecule has 2 aromatic carbocycles. The second kappa shape index (κ2) is 5.26. The molecule has 96 valence electrons. The van der Waals surface area contributed by atoms with E-state index in [-0.39, 0.29) is 11.3 Å². The molecule has 6 heteroatoms. The summed E-state index contributed by atoms with van der Waals surface area (Å²) in [5, 5.41) is 20.3. The molecule has 5 nitrogen and oxygen atoms in total. The fourth-order valence-corrected chi connectivity index (χ4v) is 1.50. The highest BCUT2D eigenvalue weighted by Gasteiger charge is 2.15. The minimum Gasteiger partial charge on any atom is -0.502 e. The summed E-state index contributed by atoms with van der Waals surface area (Å²) >= 11 is 0. The number of rotatable bonds is 3. The number of halogens is 1. The summed E-state index contributed by atoms with van der Waals surface area (Å²) in [6, 6.07) is 9.89. The fraction of sp³-hybridized carbons (Fsp3) is 0. The molecule has 0 unspecified atom stereocenters. The van der Waals surface area contributed by atoms with Gasteiger partial charge in [0.1, 0.15) is 5.82 Å². The largest absolute Gasteiger partial charge is 0.502 e. The van der Waals surface area contributed by atoms with Gasteiger partial charge in [-0.15, -0.1) is 0 Å². The standard InChI is InChI=1S/C13H9FN2O3/c14-10-5-1-2-6-11(10)15-8-9-4-3-7-12(13(9)17)16(18)19/h1-8,17H. The Balaban J connectivity index is 2.37. The van der Waals surface area contributed by atoms with Crippen molar-refractivity contribution in [3.8, 4) is 5.75 Å². The van der Waals surface area contributed by atoms with Gasteiger partial charge in [0.15, 0.2) is 0 Å². The Morgan fingerprint density at radius 2 is 1.95 bits per heavy atom. The molecule has 2 aromatic rings. The smallest absolute Gasteiger partial charge is 0.311 e. The Bertz CT molecular complexity index is 656. The SMILES string of the molecule is O=[N+]([O-])c1cccc(C=Nc2ccccc2F)c1O. The van der Waals surface area contributed by atoms with E-state index >= 15 is 0 Å². The minimum atomic E-state index is -0.699. The van der Waals surface area contributed by atoms with Crippen molar-refractivity contribution >= 4 is 17.6 Å². The van der Waals surface area contributed by atoms with Crippen molar-refractivity contribution in [2.24, 2.45) is 4.99 Å². The first-order valence-corrected chi connectivity index (χ1v) is 5.34. The van der Waals surface area contributed by atoms with Crippen LogP contribution in [0.15, 0.2) is 47.5 Å². The van der Waals surface area contributed by atoms with Crippen LogP contribution in [0.5, 0.6) is 5.75 Å². The van der Waals surface area contributed by atoms with Crippen LogP contribution in [0.1, 0.15) is 5.56 Å². The second-order valence-corrected chi connectivity index (χ2v) is 3.68. The van der Waals surface area contributed by atoms with E-state index in [4.69, 9.17) is 0 Å². The lowest BCUT2D eigenvalue weighted by Crippen LogP contribution is -1.91. The molecule has 0 aliphatic carbocycles. The summed E-state index contributed by atoms with van der Waals surface area (Å²) in [5.74, 6) is -1.00. The van der Waals surface area contributed by atoms with E-state index in [0.29, 0.717) is 0 Å². The first kappa shape index (κ1) is 12.7. The number of benzene rings is 2. The van der Waals surface area contributed by atoms with E-state index in [1.165, 1.54) is 42.6 Å². The number of aromatic hydroxyl groups is 1. The molecular formula is C13H9FN2O3. The molecule has 2 rings (SSSR count). The molecule has 0 saturated carbocycles. The van der Waals surface area contributed by atoms with E-state index in [1.807, 2.05) is 0 Å². The predicted molar refractivity (Wildman–Crippen MR) is 68.4 cm³/mol. The third-order valence-electron chi connectivity index (χ3n) is 2.44. The lowest BCUT2D eigenvalue weighted by Gasteiger charge is -2.00. The van der Waals surface area contributed by atoms with Gasteiger partial charge in [0, 0.05) is 17.8 Å². The van der Waals surface area contributed by atoms with Crippen molar-refractivity contribution in [2.75, 3.05) is 0 Å². The number of para-hydroxylation sites is 2. The summed E-state index contributed by atoms with van der Waals surface area (Å²) in [7, 11) is 0. The molecular weight excluding hydrogens is 251 g/mol. The zero-order valence-corrected chi connectivity index (χ0v) is 9.65. The summed E-state index contributed by atoms with van der Waals surface area (Å²) in [4.78, 5) is 13.8. The molecule has 0 spiro atoms. The van der Waals surface area contributed by atoms with Crippen molar-refractivity contribution in [1.82, 2.24) is 0 Å². The van der Waals surface area contributed by atoms with Crippen LogP contribution >= 0.6 is 0 Å². The van der Waals surface area contributed by atoms with E-state index < -0.39 is 22.2 Å². The van der Waals surface area contributed by atoms with Crippen molar-refractivity contribution in [1.29, 1.82) is 0 Å². The van der Waals surface area contributed by atoms with Gasteiger partial charge >= 0.3 is 5.69 Å². The van der Waals surface area contributed by atoms with E-state index in [1.54, 1.807) is 6.07 Å². The number of hydrogen-bond acceptors (Lipinski definition) is 4. The molecule has 0 heterocycles. The lowest BCUT2D eigenvalue weighted by molar-refractivity contribution is -0.385. The Labute approximate surface area is 107 Å². The normalized spacial score (nSPS) is 10.8. The molecule has 0 aliphatic rings. The Hall–Kier alpha value is -2.76. The van der Waals surface area contributed by atoms with E-state index in [2.05, 4.69) is 4.99 Å². The summed E-state index contributed by atoms with van der Waals surface area (Å²) in [6.45, 7) is 0. The minimum absolute atomic E-state index is 0.0911. The molecule has 0 radical (unpaired) electrons. The van der Waals surface area contributed by atoms with Gasteiger partial charge in [-0.3, -0.25) is 15.1 Å². The molecule has 0 atom stereocenters. The van der Waals surface area contributed by atoms with Crippen LogP contribution in [0.3, 0.4) is 0 Å². The number of hydrogen-bond donors (Lipinski definition) is 1. The van der Waals surface area contributed by atoms with Gasteiger partial charge in [-0.25, -0.2) is 4.39 Å². The van der Waals surface area contributed by atoms with Gasteiger partial charge < -0.3 is 5.11 Å². The first-order valence-electron chi connectivity index (χ1n) is 5.34. The van der Waals surface area contributed by atoms with Crippen LogP contribution in [-0.2, 0) is 0 Å². The van der Waals surface area contributed by atoms with Crippen LogP contribution in [0, 0.1) is 15.9 Å². The lowest BCUT2D eigenvalue weighted by atomic mass is 10.2. The molecule has 0 bridgehead atoms. The van der Waals surface area contributed by atoms with Crippen LogP contribution < -0.4 is 0 Å². The predicted octanol–water partition coefficient (Wildman–Crippen LogP) is 3.19. The molecule has 0 fully saturated rings. The summed E-state index contributed by atoms with van der Waals surface area (Å²) in [6.07, 6.45) is 1.18. The molecule has 19 heavy (non-hydrogen) atoms. The maximum absolute atomic E-state index is 13.3. The quantitative estimate of drug-likeness (QED) is 0.523. The number of phenolic OH excluding ortho intramolecular Hbond substituents is 1. The number of phenols is 1. The van der Waals surface area contributed by atoms with Crippen LogP contribution in [-0.4, -0.2) is 16.2 Å². The monoisotopic (exact) mass is 260 g/mol. The van der Waals surface area contributed by atoms with Crippen molar-refractivity contribution in [2.45, 2.75) is 0 Å². The van der Waals surface area contributed by atoms with Gasteiger partial charge in [-0.2, -0.15) is 0 Å². The number of nitro groups is 1. The van der Waals surface area contributed by atoms with Crippen molar-refractivity contribution < 1.29 is 14.4 Å². The Kier molecular flexibility index (Phi) is 3.51. The van der Waals surface area contributed by atoms with Gasteiger partial charge in [0.2, 0.25) is 5.75 Å². The number of nitro benzene ring substituents is 1. The summed E-state index contributed by atoms with van der Waals surface area (Å²) in [5.41, 5.74) is -0.177. The third-order valence-corrected chi connectivity index (χ3v) is 2.44. The number of aliphatic imine (C=N–C) groups is 1. The summed E-state index contributed by atoms with van der Waals surface area (Å²) < 4.78 is 13.3. The van der Waals surface area contributed by atoms with E-state index in [9.17, 15) is 19.6 Å². The van der Waals surface area contributed by atoms with Crippen LogP contribution in [0.4, 0.5) is 15.8 Å². The maximum atomic E-state index is 13.3. The Morgan fingerprint density at radius 1 is 1.21 bits per heavy atom.